The molecule has 0 aromatic heterocycles. The summed E-state index contributed by atoms with van der Waals surface area (Å²) in [5, 5.41) is 3.39. The molecule has 0 aliphatic carbocycles. The highest BCUT2D eigenvalue weighted by Gasteiger charge is 2.30. The van der Waals surface area contributed by atoms with Crippen molar-refractivity contribution < 1.29 is 4.74 Å². The Morgan fingerprint density at radius 3 is 2.42 bits per heavy atom. The third kappa shape index (κ3) is 2.46. The Balaban J connectivity index is 2.41. The van der Waals surface area contributed by atoms with E-state index in [0.29, 0.717) is 5.41 Å². The van der Waals surface area contributed by atoms with Crippen LogP contribution in [-0.4, -0.2) is 26.8 Å². The average molecular weight is 171 g/mol. The highest BCUT2D eigenvalue weighted by atomic mass is 16.5. The van der Waals surface area contributed by atoms with Gasteiger partial charge >= 0.3 is 0 Å². The number of ether oxygens (including phenoxy) is 1. The molecule has 2 nitrogen and oxygen atoms in total. The van der Waals surface area contributed by atoms with E-state index < -0.39 is 0 Å². The van der Waals surface area contributed by atoms with Gasteiger partial charge in [0.15, 0.2) is 0 Å². The molecule has 0 bridgehead atoms. The normalized spacial score (nSPS) is 21.2. The molecule has 0 amide bonds. The molecule has 0 saturated carbocycles. The van der Waals surface area contributed by atoms with E-state index in [9.17, 15) is 0 Å². The van der Waals surface area contributed by atoms with E-state index in [1.54, 1.807) is 7.11 Å². The minimum absolute atomic E-state index is 0.358. The van der Waals surface area contributed by atoms with Gasteiger partial charge in [-0.2, -0.15) is 0 Å². The largest absolute Gasteiger partial charge is 0.384 e. The van der Waals surface area contributed by atoms with Gasteiger partial charge in [-0.1, -0.05) is 13.8 Å². The van der Waals surface area contributed by atoms with E-state index >= 15 is 0 Å². The van der Waals surface area contributed by atoms with E-state index in [2.05, 4.69) is 19.2 Å². The van der Waals surface area contributed by atoms with E-state index in [-0.39, 0.29) is 0 Å². The summed E-state index contributed by atoms with van der Waals surface area (Å²) in [7, 11) is 1.79. The van der Waals surface area contributed by atoms with Gasteiger partial charge in [0.25, 0.3) is 0 Å². The summed E-state index contributed by atoms with van der Waals surface area (Å²) in [6.45, 7) is 7.87. The van der Waals surface area contributed by atoms with Gasteiger partial charge in [0.05, 0.1) is 6.61 Å². The zero-order chi connectivity index (χ0) is 9.03. The molecule has 0 unspecified atom stereocenters. The zero-order valence-corrected chi connectivity index (χ0v) is 8.52. The van der Waals surface area contributed by atoms with E-state index in [4.69, 9.17) is 4.74 Å². The van der Waals surface area contributed by atoms with Crippen LogP contribution in [0.4, 0.5) is 0 Å². The molecule has 0 aromatic rings. The van der Waals surface area contributed by atoms with Crippen LogP contribution in [0.25, 0.3) is 0 Å². The van der Waals surface area contributed by atoms with Crippen LogP contribution in [0.1, 0.15) is 26.7 Å². The molecule has 1 aliphatic heterocycles. The number of hydrogen-bond donors (Lipinski definition) is 1. The first-order chi connectivity index (χ1) is 5.67. The van der Waals surface area contributed by atoms with Crippen LogP contribution in [-0.2, 0) is 4.74 Å². The highest BCUT2D eigenvalue weighted by Crippen LogP contribution is 2.33. The van der Waals surface area contributed by atoms with Crippen LogP contribution in [0.5, 0.6) is 0 Å². The Hall–Kier alpha value is -0.0800. The van der Waals surface area contributed by atoms with Crippen molar-refractivity contribution in [1.82, 2.24) is 5.32 Å². The maximum atomic E-state index is 5.24. The molecule has 1 N–H and O–H groups in total. The molecule has 12 heavy (non-hydrogen) atoms. The standard InChI is InChI=1S/C10H21NO/c1-10(2,8-12-3)9-4-6-11-7-5-9/h9,11H,4-8H2,1-3H3. The van der Waals surface area contributed by atoms with E-state index in [1.807, 2.05) is 0 Å². The van der Waals surface area contributed by atoms with Crippen molar-refractivity contribution >= 4 is 0 Å². The molecule has 1 rings (SSSR count). The minimum Gasteiger partial charge on any atom is -0.384 e. The molecule has 1 heterocycles. The summed E-state index contributed by atoms with van der Waals surface area (Å²) in [5.74, 6) is 0.832. The van der Waals surface area contributed by atoms with Crippen molar-refractivity contribution in [2.75, 3.05) is 26.8 Å². The fourth-order valence-electron chi connectivity index (χ4n) is 2.09. The lowest BCUT2D eigenvalue weighted by atomic mass is 9.74. The van der Waals surface area contributed by atoms with Gasteiger partial charge < -0.3 is 10.1 Å². The molecule has 1 fully saturated rings. The van der Waals surface area contributed by atoms with Gasteiger partial charge in [0.2, 0.25) is 0 Å². The van der Waals surface area contributed by atoms with Crippen LogP contribution < -0.4 is 5.32 Å². The third-order valence-electron chi connectivity index (χ3n) is 2.96. The van der Waals surface area contributed by atoms with Crippen LogP contribution >= 0.6 is 0 Å². The molecule has 0 spiro atoms. The summed E-state index contributed by atoms with van der Waals surface area (Å²) in [6, 6.07) is 0. The van der Waals surface area contributed by atoms with Crippen molar-refractivity contribution in [2.45, 2.75) is 26.7 Å². The fraction of sp³-hybridized carbons (Fsp3) is 1.00. The smallest absolute Gasteiger partial charge is 0.0516 e. The van der Waals surface area contributed by atoms with Crippen molar-refractivity contribution in [3.05, 3.63) is 0 Å². The molecule has 2 heteroatoms. The Morgan fingerprint density at radius 2 is 1.92 bits per heavy atom. The first-order valence-electron chi connectivity index (χ1n) is 4.86. The summed E-state index contributed by atoms with van der Waals surface area (Å²) < 4.78 is 5.24. The Kier molecular flexibility index (Phi) is 3.53. The molecule has 0 radical (unpaired) electrons. The van der Waals surface area contributed by atoms with Crippen LogP contribution in [0.2, 0.25) is 0 Å². The van der Waals surface area contributed by atoms with Crippen molar-refractivity contribution in [3.63, 3.8) is 0 Å². The van der Waals surface area contributed by atoms with Gasteiger partial charge in [0.1, 0.15) is 0 Å². The summed E-state index contributed by atoms with van der Waals surface area (Å²) in [5.41, 5.74) is 0.358. The van der Waals surface area contributed by atoms with E-state index in [1.165, 1.54) is 25.9 Å². The maximum absolute atomic E-state index is 5.24. The summed E-state index contributed by atoms with van der Waals surface area (Å²) >= 11 is 0. The Bertz CT molecular complexity index is 128. The summed E-state index contributed by atoms with van der Waals surface area (Å²) in [6.07, 6.45) is 2.60. The van der Waals surface area contributed by atoms with Crippen molar-refractivity contribution in [2.24, 2.45) is 11.3 Å². The van der Waals surface area contributed by atoms with Crippen molar-refractivity contribution in [1.29, 1.82) is 0 Å². The first kappa shape index (κ1) is 10.0. The lowest BCUT2D eigenvalue weighted by Gasteiger charge is -2.36. The second-order valence-corrected chi connectivity index (χ2v) is 4.45. The lowest BCUT2D eigenvalue weighted by Crippen LogP contribution is -2.37. The van der Waals surface area contributed by atoms with Crippen LogP contribution in [0.15, 0.2) is 0 Å². The van der Waals surface area contributed by atoms with Gasteiger partial charge in [-0.05, 0) is 37.3 Å². The molecule has 72 valence electrons. The highest BCUT2D eigenvalue weighted by molar-refractivity contribution is 4.81. The SMILES string of the molecule is COCC(C)(C)C1CCNCC1. The van der Waals surface area contributed by atoms with Gasteiger partial charge in [-0.25, -0.2) is 0 Å². The molecular formula is C10H21NO. The van der Waals surface area contributed by atoms with E-state index in [0.717, 1.165) is 12.5 Å². The number of hydrogen-bond acceptors (Lipinski definition) is 2. The molecular weight excluding hydrogens is 150 g/mol. The molecule has 0 aromatic carbocycles. The lowest BCUT2D eigenvalue weighted by molar-refractivity contribution is 0.0463. The van der Waals surface area contributed by atoms with Crippen LogP contribution in [0.3, 0.4) is 0 Å². The van der Waals surface area contributed by atoms with Crippen LogP contribution in [0, 0.1) is 11.3 Å². The minimum atomic E-state index is 0.358. The second-order valence-electron chi connectivity index (χ2n) is 4.45. The van der Waals surface area contributed by atoms with Gasteiger partial charge in [-0.3, -0.25) is 0 Å². The van der Waals surface area contributed by atoms with Crippen molar-refractivity contribution in [3.8, 4) is 0 Å². The fourth-order valence-corrected chi connectivity index (χ4v) is 2.09. The number of rotatable bonds is 3. The van der Waals surface area contributed by atoms with Gasteiger partial charge in [0, 0.05) is 7.11 Å². The number of piperidine rings is 1. The molecule has 1 saturated heterocycles. The Morgan fingerprint density at radius 1 is 1.33 bits per heavy atom. The number of methoxy groups -OCH3 is 1. The quantitative estimate of drug-likeness (QED) is 0.697. The van der Waals surface area contributed by atoms with Gasteiger partial charge in [-0.15, -0.1) is 0 Å². The first-order valence-corrected chi connectivity index (χ1v) is 4.86. The predicted molar refractivity (Wildman–Crippen MR) is 51.3 cm³/mol. The predicted octanol–water partition coefficient (Wildman–Crippen LogP) is 1.66. The zero-order valence-electron chi connectivity index (χ0n) is 8.52. The average Bonchev–Trinajstić information content (AvgIpc) is 2.06. The summed E-state index contributed by atoms with van der Waals surface area (Å²) in [4.78, 5) is 0. The maximum Gasteiger partial charge on any atom is 0.0516 e. The molecule has 1 aliphatic rings. The third-order valence-corrected chi connectivity index (χ3v) is 2.96. The Labute approximate surface area is 75.7 Å². The number of nitrogens with one attached hydrogen (secondary N) is 1. The topological polar surface area (TPSA) is 21.3 Å². The monoisotopic (exact) mass is 171 g/mol. The molecule has 0 atom stereocenters. The second kappa shape index (κ2) is 4.24.